The molecule has 1 aromatic heterocycles. The largest absolute Gasteiger partial charge is 0.382 e. The summed E-state index contributed by atoms with van der Waals surface area (Å²) in [7, 11) is 0. The van der Waals surface area contributed by atoms with Crippen molar-refractivity contribution in [3.05, 3.63) is 4.88 Å². The smallest absolute Gasteiger partial charge is 0.265 e. The van der Waals surface area contributed by atoms with E-state index in [1.54, 1.807) is 0 Å². The van der Waals surface area contributed by atoms with Crippen LogP contribution in [0.2, 0.25) is 0 Å². The lowest BCUT2D eigenvalue weighted by atomic mass is 10.2. The first-order valence-corrected chi connectivity index (χ1v) is 7.87. The molecule has 7 nitrogen and oxygen atoms in total. The molecule has 0 aliphatic heterocycles. The van der Waals surface area contributed by atoms with Crippen molar-refractivity contribution in [1.82, 2.24) is 15.6 Å². The highest BCUT2D eigenvalue weighted by atomic mass is 32.1. The molecule has 0 radical (unpaired) electrons. The van der Waals surface area contributed by atoms with Gasteiger partial charge >= 0.3 is 0 Å². The molecule has 118 valence electrons. The first kappa shape index (κ1) is 17.2. The highest BCUT2D eigenvalue weighted by Crippen LogP contribution is 2.24. The van der Waals surface area contributed by atoms with Gasteiger partial charge in [-0.2, -0.15) is 0 Å². The molecule has 5 N–H and O–H groups in total. The van der Waals surface area contributed by atoms with E-state index in [0.29, 0.717) is 16.6 Å². The van der Waals surface area contributed by atoms with E-state index in [1.807, 2.05) is 20.8 Å². The number of anilines is 2. The van der Waals surface area contributed by atoms with E-state index in [1.165, 1.54) is 11.3 Å². The third-order valence-corrected chi connectivity index (χ3v) is 3.87. The summed E-state index contributed by atoms with van der Waals surface area (Å²) >= 11 is 1.21. The lowest BCUT2D eigenvalue weighted by Gasteiger charge is -2.11. The van der Waals surface area contributed by atoms with Crippen molar-refractivity contribution in [2.75, 3.05) is 24.1 Å². The van der Waals surface area contributed by atoms with Crippen LogP contribution < -0.4 is 21.7 Å². The molecule has 1 rings (SSSR count). The molecule has 1 atom stereocenters. The Morgan fingerprint density at radius 1 is 1.38 bits per heavy atom. The van der Waals surface area contributed by atoms with Crippen LogP contribution in [0.3, 0.4) is 0 Å². The predicted octanol–water partition coefficient (Wildman–Crippen LogP) is 1.19. The molecule has 1 unspecified atom stereocenters. The Kier molecular flexibility index (Phi) is 6.93. The number of nitrogens with one attached hydrogen (secondary N) is 3. The average Bonchev–Trinajstić information content (AvgIpc) is 2.79. The van der Waals surface area contributed by atoms with Crippen LogP contribution in [0.1, 0.15) is 43.3 Å². The molecular weight excluding hydrogens is 290 g/mol. The van der Waals surface area contributed by atoms with Gasteiger partial charge in [-0.15, -0.1) is 0 Å². The molecule has 0 aromatic carbocycles. The van der Waals surface area contributed by atoms with Crippen LogP contribution in [0.4, 0.5) is 10.9 Å². The number of thiazole rings is 1. The zero-order valence-electron chi connectivity index (χ0n) is 12.7. The summed E-state index contributed by atoms with van der Waals surface area (Å²) < 4.78 is 0. The number of nitrogens with zero attached hydrogens (tertiary/aromatic N) is 1. The van der Waals surface area contributed by atoms with E-state index in [9.17, 15) is 9.59 Å². The Balaban J connectivity index is 2.42. The summed E-state index contributed by atoms with van der Waals surface area (Å²) in [5.74, 6) is -0.168. The Labute approximate surface area is 128 Å². The van der Waals surface area contributed by atoms with Crippen LogP contribution in [-0.2, 0) is 4.79 Å². The van der Waals surface area contributed by atoms with E-state index in [2.05, 4.69) is 20.9 Å². The van der Waals surface area contributed by atoms with Crippen molar-refractivity contribution < 1.29 is 9.59 Å². The second-order valence-corrected chi connectivity index (χ2v) is 5.65. The summed E-state index contributed by atoms with van der Waals surface area (Å²) in [5, 5.41) is 9.15. The van der Waals surface area contributed by atoms with Gasteiger partial charge in [0.1, 0.15) is 10.7 Å². The second-order valence-electron chi connectivity index (χ2n) is 4.65. The number of rotatable bonds is 8. The van der Waals surface area contributed by atoms with E-state index in [4.69, 9.17) is 5.73 Å². The molecule has 21 heavy (non-hydrogen) atoms. The molecule has 1 heterocycles. The molecule has 0 bridgehead atoms. The number of amides is 2. The summed E-state index contributed by atoms with van der Waals surface area (Å²) in [6.45, 7) is 6.87. The molecule has 0 aliphatic carbocycles. The maximum absolute atomic E-state index is 12.0. The lowest BCUT2D eigenvalue weighted by Crippen LogP contribution is -2.35. The van der Waals surface area contributed by atoms with Gasteiger partial charge < -0.3 is 21.7 Å². The molecule has 2 amide bonds. The Bertz CT molecular complexity index is 489. The van der Waals surface area contributed by atoms with Gasteiger partial charge in [-0.3, -0.25) is 9.59 Å². The van der Waals surface area contributed by atoms with E-state index in [0.717, 1.165) is 6.42 Å². The fourth-order valence-corrected chi connectivity index (χ4v) is 2.41. The highest BCUT2D eigenvalue weighted by Gasteiger charge is 2.16. The zero-order valence-corrected chi connectivity index (χ0v) is 13.5. The van der Waals surface area contributed by atoms with Crippen molar-refractivity contribution in [3.63, 3.8) is 0 Å². The number of nitrogens with two attached hydrogens (primary N) is 1. The second kappa shape index (κ2) is 8.46. The number of aromatic nitrogens is 1. The number of carbonyl (C=O) groups is 2. The minimum absolute atomic E-state index is 0.0738. The summed E-state index contributed by atoms with van der Waals surface area (Å²) in [6.07, 6.45) is 1.12. The van der Waals surface area contributed by atoms with Crippen LogP contribution in [0.15, 0.2) is 0 Å². The van der Waals surface area contributed by atoms with Crippen molar-refractivity contribution in [2.45, 2.75) is 39.7 Å². The van der Waals surface area contributed by atoms with E-state index < -0.39 is 0 Å². The van der Waals surface area contributed by atoms with Gasteiger partial charge in [0.25, 0.3) is 5.91 Å². The first-order chi connectivity index (χ1) is 9.97. The van der Waals surface area contributed by atoms with Gasteiger partial charge in [-0.1, -0.05) is 18.3 Å². The summed E-state index contributed by atoms with van der Waals surface area (Å²) in [6, 6.07) is 0.146. The van der Waals surface area contributed by atoms with Crippen LogP contribution in [-0.4, -0.2) is 35.9 Å². The van der Waals surface area contributed by atoms with Crippen molar-refractivity contribution in [3.8, 4) is 0 Å². The van der Waals surface area contributed by atoms with Crippen molar-refractivity contribution in [2.24, 2.45) is 0 Å². The van der Waals surface area contributed by atoms with Crippen LogP contribution in [0.5, 0.6) is 0 Å². The van der Waals surface area contributed by atoms with Crippen LogP contribution in [0, 0.1) is 0 Å². The Morgan fingerprint density at radius 2 is 2.10 bits per heavy atom. The van der Waals surface area contributed by atoms with Gasteiger partial charge in [0.15, 0.2) is 5.13 Å². The monoisotopic (exact) mass is 313 g/mol. The number of hydrogen-bond donors (Lipinski definition) is 4. The van der Waals surface area contributed by atoms with E-state index >= 15 is 0 Å². The molecule has 0 spiro atoms. The molecule has 1 aromatic rings. The molecule has 0 aliphatic rings. The van der Waals surface area contributed by atoms with E-state index in [-0.39, 0.29) is 36.6 Å². The first-order valence-electron chi connectivity index (χ1n) is 7.05. The summed E-state index contributed by atoms with van der Waals surface area (Å²) in [4.78, 5) is 28.0. The topological polar surface area (TPSA) is 109 Å². The number of hydrogen-bond acceptors (Lipinski definition) is 6. The molecular formula is C13H23N5O2S. The van der Waals surface area contributed by atoms with Crippen molar-refractivity contribution >= 4 is 34.1 Å². The average molecular weight is 313 g/mol. The fourth-order valence-electron chi connectivity index (χ4n) is 1.54. The number of carbonyl (C=O) groups excluding carboxylic acids is 2. The Hall–Kier alpha value is -1.83. The third kappa shape index (κ3) is 5.58. The minimum atomic E-state index is -0.300. The third-order valence-electron chi connectivity index (χ3n) is 2.84. The molecule has 0 saturated carbocycles. The van der Waals surface area contributed by atoms with Gasteiger partial charge in [-0.25, -0.2) is 4.98 Å². The standard InChI is InChI=1S/C13H23N5O2S/c1-4-8(3)17-9(19)6-7-16-12(20)10-11(14)18-13(21-10)15-5-2/h8H,4-7,14H2,1-3H3,(H,15,18)(H,16,20)(H,17,19). The highest BCUT2D eigenvalue weighted by molar-refractivity contribution is 7.18. The molecule has 8 heteroatoms. The SMILES string of the molecule is CCNc1nc(N)c(C(=O)NCCC(=O)NC(C)CC)s1. The zero-order chi connectivity index (χ0) is 15.8. The van der Waals surface area contributed by atoms with Gasteiger partial charge in [0, 0.05) is 25.6 Å². The van der Waals surface area contributed by atoms with Crippen molar-refractivity contribution in [1.29, 1.82) is 0 Å². The maximum Gasteiger partial charge on any atom is 0.265 e. The van der Waals surface area contributed by atoms with Gasteiger partial charge in [0.05, 0.1) is 0 Å². The minimum Gasteiger partial charge on any atom is -0.382 e. The normalized spacial score (nSPS) is 11.8. The molecule has 0 fully saturated rings. The Morgan fingerprint density at radius 3 is 2.71 bits per heavy atom. The van der Waals surface area contributed by atoms with Gasteiger partial charge in [0.2, 0.25) is 5.91 Å². The number of nitrogen functional groups attached to an aromatic ring is 1. The summed E-state index contributed by atoms with van der Waals surface area (Å²) in [5.41, 5.74) is 5.71. The van der Waals surface area contributed by atoms with Gasteiger partial charge in [-0.05, 0) is 20.3 Å². The maximum atomic E-state index is 12.0. The predicted molar refractivity (Wildman–Crippen MR) is 85.5 cm³/mol. The lowest BCUT2D eigenvalue weighted by molar-refractivity contribution is -0.121. The quantitative estimate of drug-likeness (QED) is 0.576. The molecule has 0 saturated heterocycles. The van der Waals surface area contributed by atoms with Crippen LogP contribution >= 0.6 is 11.3 Å². The fraction of sp³-hybridized carbons (Fsp3) is 0.615. The van der Waals surface area contributed by atoms with Crippen LogP contribution in [0.25, 0.3) is 0 Å².